The fourth-order valence-electron chi connectivity index (χ4n) is 1.75. The van der Waals surface area contributed by atoms with Crippen molar-refractivity contribution in [3.05, 3.63) is 47.1 Å². The summed E-state index contributed by atoms with van der Waals surface area (Å²) in [6.07, 6.45) is 3.47. The molecule has 0 amide bonds. The van der Waals surface area contributed by atoms with Crippen LogP contribution in [0.15, 0.2) is 30.5 Å². The van der Waals surface area contributed by atoms with Gasteiger partial charge in [-0.05, 0) is 12.1 Å². The molecule has 0 saturated carbocycles. The molecule has 2 heterocycles. The SMILES string of the molecule is CCc1nc(Cl)cc(N(C)CCc2ccccn2)n1. The van der Waals surface area contributed by atoms with Crippen molar-refractivity contribution in [2.24, 2.45) is 0 Å². The molecule has 2 aromatic heterocycles. The first-order chi connectivity index (χ1) is 9.19. The van der Waals surface area contributed by atoms with Crippen LogP contribution in [0.2, 0.25) is 5.15 Å². The fraction of sp³-hybridized carbons (Fsp3) is 0.357. The number of aryl methyl sites for hydroxylation is 1. The van der Waals surface area contributed by atoms with Crippen LogP contribution in [0.1, 0.15) is 18.4 Å². The van der Waals surface area contributed by atoms with Crippen LogP contribution in [0, 0.1) is 0 Å². The average molecular weight is 277 g/mol. The van der Waals surface area contributed by atoms with Gasteiger partial charge < -0.3 is 4.90 Å². The number of anilines is 1. The number of aromatic nitrogens is 3. The summed E-state index contributed by atoms with van der Waals surface area (Å²) >= 11 is 6.00. The van der Waals surface area contributed by atoms with Crippen LogP contribution < -0.4 is 4.90 Å². The molecule has 0 radical (unpaired) electrons. The van der Waals surface area contributed by atoms with E-state index in [-0.39, 0.29) is 0 Å². The average Bonchev–Trinajstić information content (AvgIpc) is 2.45. The maximum atomic E-state index is 6.00. The zero-order valence-corrected chi connectivity index (χ0v) is 11.9. The van der Waals surface area contributed by atoms with Crippen molar-refractivity contribution in [2.75, 3.05) is 18.5 Å². The molecule has 19 heavy (non-hydrogen) atoms. The van der Waals surface area contributed by atoms with Gasteiger partial charge in [0.1, 0.15) is 16.8 Å². The molecule has 0 unspecified atom stereocenters. The molecule has 2 aromatic rings. The molecule has 0 atom stereocenters. The fourth-order valence-corrected chi connectivity index (χ4v) is 1.94. The quantitative estimate of drug-likeness (QED) is 0.788. The summed E-state index contributed by atoms with van der Waals surface area (Å²) < 4.78 is 0. The summed E-state index contributed by atoms with van der Waals surface area (Å²) in [5, 5.41) is 0.492. The van der Waals surface area contributed by atoms with Gasteiger partial charge in [-0.25, -0.2) is 9.97 Å². The van der Waals surface area contributed by atoms with Gasteiger partial charge in [-0.2, -0.15) is 0 Å². The van der Waals surface area contributed by atoms with E-state index in [2.05, 4.69) is 19.9 Å². The number of likely N-dealkylation sites (N-methyl/N-ethyl adjacent to an activating group) is 1. The second-order valence-corrected chi connectivity index (χ2v) is 4.70. The summed E-state index contributed by atoms with van der Waals surface area (Å²) in [5.74, 6) is 1.62. The van der Waals surface area contributed by atoms with Gasteiger partial charge in [0.2, 0.25) is 0 Å². The maximum absolute atomic E-state index is 6.00. The van der Waals surface area contributed by atoms with E-state index >= 15 is 0 Å². The molecule has 5 heteroatoms. The minimum atomic E-state index is 0.492. The van der Waals surface area contributed by atoms with Crippen molar-refractivity contribution in [1.82, 2.24) is 15.0 Å². The van der Waals surface area contributed by atoms with E-state index in [1.807, 2.05) is 38.4 Å². The van der Waals surface area contributed by atoms with Gasteiger partial charge in [0.25, 0.3) is 0 Å². The smallest absolute Gasteiger partial charge is 0.134 e. The molecule has 0 aliphatic carbocycles. The van der Waals surface area contributed by atoms with E-state index in [1.54, 1.807) is 6.07 Å². The van der Waals surface area contributed by atoms with Crippen LogP contribution in [0.5, 0.6) is 0 Å². The molecule has 2 rings (SSSR count). The molecule has 0 fully saturated rings. The topological polar surface area (TPSA) is 41.9 Å². The monoisotopic (exact) mass is 276 g/mol. The van der Waals surface area contributed by atoms with Crippen LogP contribution >= 0.6 is 11.6 Å². The number of nitrogens with zero attached hydrogens (tertiary/aromatic N) is 4. The number of halogens is 1. The van der Waals surface area contributed by atoms with Crippen molar-refractivity contribution < 1.29 is 0 Å². The first kappa shape index (κ1) is 13.7. The van der Waals surface area contributed by atoms with E-state index in [4.69, 9.17) is 11.6 Å². The minimum absolute atomic E-state index is 0.492. The third-order valence-corrected chi connectivity index (χ3v) is 3.06. The Bertz CT molecular complexity index is 530. The third-order valence-electron chi connectivity index (χ3n) is 2.86. The highest BCUT2D eigenvalue weighted by molar-refractivity contribution is 6.29. The first-order valence-corrected chi connectivity index (χ1v) is 6.71. The van der Waals surface area contributed by atoms with Gasteiger partial charge in [0, 0.05) is 44.4 Å². The lowest BCUT2D eigenvalue weighted by atomic mass is 10.2. The van der Waals surface area contributed by atoms with Crippen molar-refractivity contribution >= 4 is 17.4 Å². The summed E-state index contributed by atoms with van der Waals surface area (Å²) in [5.41, 5.74) is 1.07. The molecular formula is C14H17ClN4. The Morgan fingerprint density at radius 1 is 1.26 bits per heavy atom. The number of rotatable bonds is 5. The highest BCUT2D eigenvalue weighted by Gasteiger charge is 2.07. The molecule has 0 spiro atoms. The van der Waals surface area contributed by atoms with Crippen molar-refractivity contribution in [3.63, 3.8) is 0 Å². The van der Waals surface area contributed by atoms with Gasteiger partial charge in [0.15, 0.2) is 0 Å². The highest BCUT2D eigenvalue weighted by Crippen LogP contribution is 2.15. The van der Waals surface area contributed by atoms with Crippen LogP contribution in [0.4, 0.5) is 5.82 Å². The summed E-state index contributed by atoms with van der Waals surface area (Å²) in [6.45, 7) is 2.86. The standard InChI is InChI=1S/C14H17ClN4/c1-3-13-17-12(15)10-14(18-13)19(2)9-7-11-6-4-5-8-16-11/h4-6,8,10H,3,7,9H2,1-2H3. The van der Waals surface area contributed by atoms with E-state index in [0.717, 1.165) is 36.7 Å². The van der Waals surface area contributed by atoms with E-state index in [1.165, 1.54) is 0 Å². The number of pyridine rings is 1. The van der Waals surface area contributed by atoms with Crippen molar-refractivity contribution in [3.8, 4) is 0 Å². The molecule has 0 aliphatic rings. The van der Waals surface area contributed by atoms with Gasteiger partial charge >= 0.3 is 0 Å². The first-order valence-electron chi connectivity index (χ1n) is 6.33. The maximum Gasteiger partial charge on any atom is 0.134 e. The Morgan fingerprint density at radius 2 is 2.11 bits per heavy atom. The second kappa shape index (κ2) is 6.48. The largest absolute Gasteiger partial charge is 0.359 e. The lowest BCUT2D eigenvalue weighted by Crippen LogP contribution is -2.22. The van der Waals surface area contributed by atoms with Gasteiger partial charge in [-0.1, -0.05) is 24.6 Å². The molecular weight excluding hydrogens is 260 g/mol. The predicted molar refractivity (Wildman–Crippen MR) is 77.6 cm³/mol. The summed E-state index contributed by atoms with van der Waals surface area (Å²) in [4.78, 5) is 15.0. The number of hydrogen-bond donors (Lipinski definition) is 0. The molecule has 0 aliphatic heterocycles. The molecule has 0 bridgehead atoms. The predicted octanol–water partition coefficient (Wildman–Crippen LogP) is 2.77. The molecule has 0 N–H and O–H groups in total. The molecule has 4 nitrogen and oxygen atoms in total. The minimum Gasteiger partial charge on any atom is -0.359 e. The van der Waals surface area contributed by atoms with Crippen molar-refractivity contribution in [2.45, 2.75) is 19.8 Å². The lowest BCUT2D eigenvalue weighted by Gasteiger charge is -2.18. The van der Waals surface area contributed by atoms with Gasteiger partial charge in [-0.15, -0.1) is 0 Å². The van der Waals surface area contributed by atoms with E-state index in [9.17, 15) is 0 Å². The van der Waals surface area contributed by atoms with Gasteiger partial charge in [-0.3, -0.25) is 4.98 Å². The Morgan fingerprint density at radius 3 is 2.79 bits per heavy atom. The van der Waals surface area contributed by atoms with E-state index in [0.29, 0.717) is 5.15 Å². The van der Waals surface area contributed by atoms with Gasteiger partial charge in [0.05, 0.1) is 0 Å². The third kappa shape index (κ3) is 3.89. The number of hydrogen-bond acceptors (Lipinski definition) is 4. The van der Waals surface area contributed by atoms with Crippen LogP contribution in [0.25, 0.3) is 0 Å². The Kier molecular flexibility index (Phi) is 4.68. The van der Waals surface area contributed by atoms with Crippen LogP contribution in [0.3, 0.4) is 0 Å². The zero-order chi connectivity index (χ0) is 13.7. The summed E-state index contributed by atoms with van der Waals surface area (Å²) in [7, 11) is 2.00. The molecule has 100 valence electrons. The van der Waals surface area contributed by atoms with E-state index < -0.39 is 0 Å². The highest BCUT2D eigenvalue weighted by atomic mass is 35.5. The Labute approximate surface area is 118 Å². The molecule has 0 aromatic carbocycles. The normalized spacial score (nSPS) is 10.5. The Hall–Kier alpha value is -1.68. The van der Waals surface area contributed by atoms with Crippen LogP contribution in [-0.2, 0) is 12.8 Å². The summed E-state index contributed by atoms with van der Waals surface area (Å²) in [6, 6.07) is 7.74. The Balaban J connectivity index is 2.03. The zero-order valence-electron chi connectivity index (χ0n) is 11.2. The lowest BCUT2D eigenvalue weighted by molar-refractivity contribution is 0.822. The van der Waals surface area contributed by atoms with Crippen LogP contribution in [-0.4, -0.2) is 28.5 Å². The van der Waals surface area contributed by atoms with Crippen molar-refractivity contribution in [1.29, 1.82) is 0 Å². The second-order valence-electron chi connectivity index (χ2n) is 4.31. The molecule has 0 saturated heterocycles.